The van der Waals surface area contributed by atoms with E-state index in [1.54, 1.807) is 32.0 Å². The van der Waals surface area contributed by atoms with Gasteiger partial charge in [0.25, 0.3) is 0 Å². The van der Waals surface area contributed by atoms with Crippen LogP contribution in [-0.2, 0) is 25.3 Å². The molecule has 0 aliphatic rings. The van der Waals surface area contributed by atoms with E-state index in [0.717, 1.165) is 22.3 Å². The van der Waals surface area contributed by atoms with Crippen molar-refractivity contribution in [2.24, 2.45) is 0 Å². The molecule has 2 amide bonds. The summed E-state index contributed by atoms with van der Waals surface area (Å²) in [5, 5.41) is 5.80. The first-order valence-electron chi connectivity index (χ1n) is 13.6. The van der Waals surface area contributed by atoms with Gasteiger partial charge in [0.2, 0.25) is 0 Å². The zero-order chi connectivity index (χ0) is 31.8. The molecular weight excluding hydrogens is 667 g/mol. The van der Waals surface area contributed by atoms with Crippen LogP contribution < -0.4 is 20.1 Å². The number of hydrogen-bond donors (Lipinski definition) is 2. The van der Waals surface area contributed by atoms with Gasteiger partial charge in [-0.1, -0.05) is 0 Å². The summed E-state index contributed by atoms with van der Waals surface area (Å²) >= 11 is -3.58. The third-order valence-electron chi connectivity index (χ3n) is 6.24. The molecule has 3 aromatic rings. The SMILES string of the molecule is CC(=O)OI(OC(C)=O)c1c(O[C@H](C)C(=O)Nc2c(C)cccc2C)cccc1O[C@H](C)C(=O)Nc1c(C)cccc1C. The van der Waals surface area contributed by atoms with Crippen molar-refractivity contribution in [3.8, 4) is 11.5 Å². The molecule has 0 saturated heterocycles. The number of anilines is 2. The van der Waals surface area contributed by atoms with E-state index in [0.29, 0.717) is 11.4 Å². The van der Waals surface area contributed by atoms with Crippen molar-refractivity contribution in [1.29, 1.82) is 0 Å². The maximum atomic E-state index is 13.2. The van der Waals surface area contributed by atoms with Gasteiger partial charge < -0.3 is 0 Å². The van der Waals surface area contributed by atoms with Gasteiger partial charge in [-0.05, 0) is 0 Å². The number of aryl methyl sites for hydroxylation is 4. The molecule has 0 aliphatic carbocycles. The first-order valence-corrected chi connectivity index (χ1v) is 16.4. The quantitative estimate of drug-likeness (QED) is 0.221. The van der Waals surface area contributed by atoms with E-state index < -0.39 is 56.6 Å². The van der Waals surface area contributed by atoms with E-state index in [9.17, 15) is 19.2 Å². The summed E-state index contributed by atoms with van der Waals surface area (Å²) in [6, 6.07) is 16.1. The summed E-state index contributed by atoms with van der Waals surface area (Å²) in [5.74, 6) is -1.94. The van der Waals surface area contributed by atoms with E-state index in [2.05, 4.69) is 10.6 Å². The third-order valence-corrected chi connectivity index (χ3v) is 10.2. The first kappa shape index (κ1) is 33.4. The van der Waals surface area contributed by atoms with Crippen LogP contribution >= 0.6 is 20.6 Å². The van der Waals surface area contributed by atoms with Gasteiger partial charge in [-0.2, -0.15) is 0 Å². The summed E-state index contributed by atoms with van der Waals surface area (Å²) in [5.41, 5.74) is 4.92. The topological polar surface area (TPSA) is 129 Å². The van der Waals surface area contributed by atoms with Gasteiger partial charge in [0.05, 0.1) is 0 Å². The fraction of sp³-hybridized carbons (Fsp3) is 0.312. The number of amides is 2. The molecule has 0 spiro atoms. The molecule has 0 bridgehead atoms. The monoisotopic (exact) mass is 704 g/mol. The molecule has 0 aromatic heterocycles. The summed E-state index contributed by atoms with van der Waals surface area (Å²) in [4.78, 5) is 50.4. The molecule has 0 aliphatic heterocycles. The van der Waals surface area contributed by atoms with Crippen LogP contribution in [0.15, 0.2) is 54.6 Å². The van der Waals surface area contributed by atoms with Crippen molar-refractivity contribution < 1.29 is 34.8 Å². The fourth-order valence-electron chi connectivity index (χ4n) is 4.08. The van der Waals surface area contributed by atoms with Gasteiger partial charge in [-0.3, -0.25) is 0 Å². The Hall–Kier alpha value is -4.13. The second-order valence-corrected chi connectivity index (χ2v) is 13.2. The van der Waals surface area contributed by atoms with Gasteiger partial charge in [0.1, 0.15) is 0 Å². The average molecular weight is 705 g/mol. The summed E-state index contributed by atoms with van der Waals surface area (Å²) < 4.78 is 23.3. The van der Waals surface area contributed by atoms with Crippen molar-refractivity contribution in [2.45, 2.75) is 67.6 Å². The molecule has 0 unspecified atom stereocenters. The Morgan fingerprint density at radius 3 is 1.26 bits per heavy atom. The van der Waals surface area contributed by atoms with Gasteiger partial charge in [-0.25, -0.2) is 0 Å². The van der Waals surface area contributed by atoms with Crippen molar-refractivity contribution >= 4 is 55.8 Å². The molecule has 0 saturated carbocycles. The average Bonchev–Trinajstić information content (AvgIpc) is 2.92. The molecule has 10 nitrogen and oxygen atoms in total. The van der Waals surface area contributed by atoms with Gasteiger partial charge in [0.15, 0.2) is 0 Å². The van der Waals surface area contributed by atoms with Crippen molar-refractivity contribution in [2.75, 3.05) is 10.6 Å². The van der Waals surface area contributed by atoms with Crippen LogP contribution in [0.2, 0.25) is 0 Å². The Morgan fingerprint density at radius 2 is 0.930 bits per heavy atom. The zero-order valence-electron chi connectivity index (χ0n) is 25.5. The number of para-hydroxylation sites is 2. The Bertz CT molecular complexity index is 1370. The van der Waals surface area contributed by atoms with Crippen LogP contribution in [0.4, 0.5) is 11.4 Å². The molecule has 11 heteroatoms. The first-order chi connectivity index (χ1) is 20.3. The van der Waals surface area contributed by atoms with Crippen LogP contribution in [0, 0.1) is 31.3 Å². The van der Waals surface area contributed by atoms with Crippen LogP contribution in [0.1, 0.15) is 49.9 Å². The molecule has 43 heavy (non-hydrogen) atoms. The summed E-state index contributed by atoms with van der Waals surface area (Å²) in [7, 11) is 0. The fourth-order valence-corrected chi connectivity index (χ4v) is 7.21. The van der Waals surface area contributed by atoms with E-state index >= 15 is 0 Å². The number of nitrogens with one attached hydrogen (secondary N) is 2. The maximum absolute atomic E-state index is 13.2. The van der Waals surface area contributed by atoms with Gasteiger partial charge in [0, 0.05) is 0 Å². The van der Waals surface area contributed by atoms with Gasteiger partial charge >= 0.3 is 261 Å². The number of carbonyl (C=O) groups excluding carboxylic acids is 4. The predicted octanol–water partition coefficient (Wildman–Crippen LogP) is 6.36. The minimum atomic E-state index is -3.58. The Labute approximate surface area is 259 Å². The normalized spacial score (nSPS) is 12.3. The van der Waals surface area contributed by atoms with E-state index in [4.69, 9.17) is 15.6 Å². The third kappa shape index (κ3) is 8.93. The van der Waals surface area contributed by atoms with Crippen LogP contribution in [0.5, 0.6) is 11.5 Å². The molecule has 3 aromatic carbocycles. The van der Waals surface area contributed by atoms with Crippen LogP contribution in [0.25, 0.3) is 0 Å². The van der Waals surface area contributed by atoms with Crippen molar-refractivity contribution in [3.05, 3.63) is 80.4 Å². The molecule has 0 radical (unpaired) electrons. The van der Waals surface area contributed by atoms with E-state index in [-0.39, 0.29) is 15.1 Å². The zero-order valence-corrected chi connectivity index (χ0v) is 27.7. The molecular formula is C32H37IN2O8. The molecule has 0 fully saturated rings. The standard InChI is InChI=1S/C32H37IN2O8/c1-18-12-9-13-19(2)29(18)34-31(38)22(5)40-26-16-11-17-27(28(26)33(42-24(7)36)43-25(8)37)41-23(6)32(39)35-30-20(3)14-10-15-21(30)4/h9-17,22-23H,1-8H3,(H,34,38)(H,35,39)/t22-,23-/m1/s1. The van der Waals surface area contributed by atoms with Crippen molar-refractivity contribution in [1.82, 2.24) is 0 Å². The second-order valence-electron chi connectivity index (χ2n) is 9.96. The van der Waals surface area contributed by atoms with Crippen molar-refractivity contribution in [3.63, 3.8) is 0 Å². The number of carbonyl (C=O) groups is 4. The summed E-state index contributed by atoms with van der Waals surface area (Å²) in [6.45, 7) is 13.1. The summed E-state index contributed by atoms with van der Waals surface area (Å²) in [6.07, 6.45) is -2.02. The number of hydrogen-bond acceptors (Lipinski definition) is 8. The Morgan fingerprint density at radius 1 is 0.605 bits per heavy atom. The molecule has 3 rings (SSSR count). The predicted molar refractivity (Wildman–Crippen MR) is 172 cm³/mol. The number of ether oxygens (including phenoxy) is 2. The number of halogens is 1. The van der Waals surface area contributed by atoms with E-state index in [1.807, 2.05) is 64.1 Å². The van der Waals surface area contributed by atoms with E-state index in [1.165, 1.54) is 13.8 Å². The Balaban J connectivity index is 1.95. The number of benzene rings is 3. The molecule has 2 atom stereocenters. The molecule has 230 valence electrons. The number of rotatable bonds is 11. The Kier molecular flexibility index (Phi) is 11.5. The minimum absolute atomic E-state index is 0.122. The second kappa shape index (κ2) is 14.9. The van der Waals surface area contributed by atoms with Crippen LogP contribution in [-0.4, -0.2) is 36.0 Å². The van der Waals surface area contributed by atoms with Gasteiger partial charge in [-0.15, -0.1) is 0 Å². The molecule has 0 heterocycles. The van der Waals surface area contributed by atoms with Crippen LogP contribution in [0.3, 0.4) is 0 Å². The molecule has 2 N–H and O–H groups in total.